The number of carboxylic acids is 1. The minimum atomic E-state index is -1.24. The van der Waals surface area contributed by atoms with Gasteiger partial charge in [0.05, 0.1) is 17.9 Å². The summed E-state index contributed by atoms with van der Waals surface area (Å²) in [6, 6.07) is 3.30. The third-order valence-electron chi connectivity index (χ3n) is 2.35. The molecular weight excluding hydrogens is 239 g/mol. The van der Waals surface area contributed by atoms with E-state index in [4.69, 9.17) is 15.9 Å². The Hall–Kier alpha value is -2.21. The molecule has 0 atom stereocenters. The Kier molecular flexibility index (Phi) is 4.56. The van der Waals surface area contributed by atoms with Gasteiger partial charge in [-0.1, -0.05) is 0 Å². The van der Waals surface area contributed by atoms with Crippen molar-refractivity contribution in [1.29, 1.82) is 0 Å². The number of aromatic carboxylic acids is 1. The molecule has 0 unspecified atom stereocenters. The lowest BCUT2D eigenvalue weighted by Crippen LogP contribution is -2.10. The normalized spacial score (nSPS) is 12.6. The summed E-state index contributed by atoms with van der Waals surface area (Å²) in [4.78, 5) is 14.6. The number of carboxylic acid groups (broad SMARTS) is 1. The topological polar surface area (TPSA) is 95.9 Å². The predicted molar refractivity (Wildman–Crippen MR) is 66.0 cm³/mol. The van der Waals surface area contributed by atoms with E-state index in [-0.39, 0.29) is 23.4 Å². The molecule has 0 aliphatic carbocycles. The van der Waals surface area contributed by atoms with Crippen LogP contribution in [0, 0.1) is 5.82 Å². The van der Waals surface area contributed by atoms with Crippen molar-refractivity contribution in [1.82, 2.24) is 0 Å². The Labute approximate surface area is 103 Å². The molecule has 0 radical (unpaired) electrons. The van der Waals surface area contributed by atoms with Gasteiger partial charge in [-0.05, 0) is 23.8 Å². The molecule has 6 heteroatoms. The highest BCUT2D eigenvalue weighted by Crippen LogP contribution is 2.19. The van der Waals surface area contributed by atoms with E-state index < -0.39 is 11.8 Å². The van der Waals surface area contributed by atoms with Crippen LogP contribution >= 0.6 is 0 Å². The first-order chi connectivity index (χ1) is 8.53. The Morgan fingerprint density at radius 3 is 2.50 bits per heavy atom. The highest BCUT2D eigenvalue weighted by atomic mass is 19.1. The second-order valence-electron chi connectivity index (χ2n) is 3.44. The van der Waals surface area contributed by atoms with Gasteiger partial charge in [-0.15, -0.1) is 0 Å². The van der Waals surface area contributed by atoms with Crippen molar-refractivity contribution < 1.29 is 19.4 Å². The molecule has 0 spiro atoms. The third-order valence-corrected chi connectivity index (χ3v) is 2.35. The van der Waals surface area contributed by atoms with Crippen LogP contribution in [0.2, 0.25) is 0 Å². The monoisotopic (exact) mass is 252 g/mol. The standard InChI is InChI=1S/C12H13FN2O3/c1-15-11(6-16)10(5-14)7-2-8(12(17)18)4-9(13)3-7/h2-5,16H,6,14H2,1H3,(H,17,18)/b10-5-,15-11?. The van der Waals surface area contributed by atoms with Gasteiger partial charge in [0.1, 0.15) is 5.82 Å². The van der Waals surface area contributed by atoms with Crippen LogP contribution < -0.4 is 5.73 Å². The van der Waals surface area contributed by atoms with Crippen LogP contribution in [0.25, 0.3) is 5.57 Å². The lowest BCUT2D eigenvalue weighted by Gasteiger charge is -2.09. The van der Waals surface area contributed by atoms with E-state index in [0.717, 1.165) is 18.3 Å². The highest BCUT2D eigenvalue weighted by Gasteiger charge is 2.13. The van der Waals surface area contributed by atoms with Crippen LogP contribution in [0.15, 0.2) is 29.4 Å². The van der Waals surface area contributed by atoms with Gasteiger partial charge in [0.15, 0.2) is 0 Å². The zero-order chi connectivity index (χ0) is 13.7. The van der Waals surface area contributed by atoms with Gasteiger partial charge in [0, 0.05) is 18.8 Å². The van der Waals surface area contributed by atoms with E-state index in [1.165, 1.54) is 13.1 Å². The lowest BCUT2D eigenvalue weighted by atomic mass is 10.00. The fourth-order valence-electron chi connectivity index (χ4n) is 1.50. The molecule has 0 saturated heterocycles. The summed E-state index contributed by atoms with van der Waals surface area (Å²) in [7, 11) is 1.45. The number of rotatable bonds is 4. The molecule has 0 heterocycles. The van der Waals surface area contributed by atoms with Crippen LogP contribution in [0.1, 0.15) is 15.9 Å². The summed E-state index contributed by atoms with van der Waals surface area (Å²) in [6.07, 6.45) is 1.15. The van der Waals surface area contributed by atoms with Gasteiger partial charge >= 0.3 is 5.97 Å². The zero-order valence-corrected chi connectivity index (χ0v) is 9.72. The largest absolute Gasteiger partial charge is 0.478 e. The molecule has 0 bridgehead atoms. The summed E-state index contributed by atoms with van der Waals surface area (Å²) < 4.78 is 13.3. The van der Waals surface area contributed by atoms with Crippen molar-refractivity contribution in [3.63, 3.8) is 0 Å². The number of carbonyl (C=O) groups is 1. The summed E-state index contributed by atoms with van der Waals surface area (Å²) in [5.41, 5.74) is 6.01. The van der Waals surface area contributed by atoms with Crippen molar-refractivity contribution >= 4 is 17.3 Å². The first kappa shape index (κ1) is 13.9. The first-order valence-electron chi connectivity index (χ1n) is 5.06. The summed E-state index contributed by atoms with van der Waals surface area (Å²) in [6.45, 7) is -0.377. The molecular formula is C12H13FN2O3. The van der Waals surface area contributed by atoms with Gasteiger partial charge in [-0.3, -0.25) is 4.99 Å². The van der Waals surface area contributed by atoms with Gasteiger partial charge in [0.25, 0.3) is 0 Å². The van der Waals surface area contributed by atoms with Crippen molar-refractivity contribution in [3.05, 3.63) is 41.3 Å². The third kappa shape index (κ3) is 2.92. The quantitative estimate of drug-likeness (QED) is 0.693. The van der Waals surface area contributed by atoms with E-state index in [1.54, 1.807) is 0 Å². The number of aliphatic hydroxyl groups is 1. The molecule has 4 N–H and O–H groups in total. The molecule has 1 aromatic rings. The fraction of sp³-hybridized carbons (Fsp3) is 0.167. The minimum absolute atomic E-state index is 0.197. The number of benzene rings is 1. The number of halogens is 1. The van der Waals surface area contributed by atoms with E-state index in [1.807, 2.05) is 0 Å². The minimum Gasteiger partial charge on any atom is -0.478 e. The van der Waals surface area contributed by atoms with Crippen LogP contribution in [-0.2, 0) is 0 Å². The number of aliphatic imine (C=N–C) groups is 1. The Morgan fingerprint density at radius 2 is 2.06 bits per heavy atom. The second-order valence-corrected chi connectivity index (χ2v) is 3.44. The van der Waals surface area contributed by atoms with Gasteiger partial charge in [-0.2, -0.15) is 0 Å². The molecule has 0 aliphatic rings. The van der Waals surface area contributed by atoms with Crippen molar-refractivity contribution in [2.75, 3.05) is 13.7 Å². The van der Waals surface area contributed by atoms with Crippen LogP contribution in [0.5, 0.6) is 0 Å². The van der Waals surface area contributed by atoms with E-state index in [9.17, 15) is 9.18 Å². The molecule has 0 amide bonds. The van der Waals surface area contributed by atoms with Gasteiger partial charge < -0.3 is 15.9 Å². The first-order valence-corrected chi connectivity index (χ1v) is 5.06. The molecule has 1 rings (SSSR count). The number of aliphatic hydroxyl groups excluding tert-OH is 1. The Balaban J connectivity index is 3.35. The van der Waals surface area contributed by atoms with Crippen molar-refractivity contribution in [2.45, 2.75) is 0 Å². The van der Waals surface area contributed by atoms with Crippen LogP contribution in [0.3, 0.4) is 0 Å². The molecule has 5 nitrogen and oxygen atoms in total. The Morgan fingerprint density at radius 1 is 1.44 bits per heavy atom. The molecule has 18 heavy (non-hydrogen) atoms. The SMILES string of the molecule is CN=C(CO)/C(=C\N)c1cc(F)cc(C(=O)O)c1. The maximum absolute atomic E-state index is 13.3. The number of hydrogen-bond donors (Lipinski definition) is 3. The average Bonchev–Trinajstić information content (AvgIpc) is 2.34. The smallest absolute Gasteiger partial charge is 0.335 e. The second kappa shape index (κ2) is 5.92. The molecule has 0 aromatic heterocycles. The summed E-state index contributed by atoms with van der Waals surface area (Å²) >= 11 is 0. The molecule has 0 fully saturated rings. The molecule has 0 aliphatic heterocycles. The highest BCUT2D eigenvalue weighted by molar-refractivity contribution is 6.24. The average molecular weight is 252 g/mol. The molecule has 1 aromatic carbocycles. The van der Waals surface area contributed by atoms with Crippen molar-refractivity contribution in [2.24, 2.45) is 10.7 Å². The number of nitrogens with zero attached hydrogens (tertiary/aromatic N) is 1. The summed E-state index contributed by atoms with van der Waals surface area (Å²) in [5, 5.41) is 17.9. The maximum Gasteiger partial charge on any atom is 0.335 e. The molecule has 96 valence electrons. The van der Waals surface area contributed by atoms with E-state index in [2.05, 4.69) is 4.99 Å². The fourth-order valence-corrected chi connectivity index (χ4v) is 1.50. The maximum atomic E-state index is 13.3. The predicted octanol–water partition coefficient (Wildman–Crippen LogP) is 0.887. The Bertz CT molecular complexity index is 524. The van der Waals surface area contributed by atoms with E-state index in [0.29, 0.717) is 5.57 Å². The van der Waals surface area contributed by atoms with Crippen LogP contribution in [0.4, 0.5) is 4.39 Å². The van der Waals surface area contributed by atoms with Crippen LogP contribution in [-0.4, -0.2) is 35.5 Å². The zero-order valence-electron chi connectivity index (χ0n) is 9.72. The lowest BCUT2D eigenvalue weighted by molar-refractivity contribution is 0.0696. The number of hydrogen-bond acceptors (Lipinski definition) is 4. The molecule has 0 saturated carbocycles. The number of nitrogens with two attached hydrogens (primary N) is 1. The van der Waals surface area contributed by atoms with E-state index >= 15 is 0 Å². The summed E-state index contributed by atoms with van der Waals surface area (Å²) in [5.74, 6) is -1.94. The van der Waals surface area contributed by atoms with Gasteiger partial charge in [0.2, 0.25) is 0 Å². The van der Waals surface area contributed by atoms with Crippen molar-refractivity contribution in [3.8, 4) is 0 Å². The van der Waals surface area contributed by atoms with Gasteiger partial charge in [-0.25, -0.2) is 9.18 Å².